The van der Waals surface area contributed by atoms with Crippen molar-refractivity contribution in [1.29, 1.82) is 0 Å². The van der Waals surface area contributed by atoms with Crippen LogP contribution in [0.2, 0.25) is 0 Å². The van der Waals surface area contributed by atoms with Crippen molar-refractivity contribution in [3.63, 3.8) is 0 Å². The van der Waals surface area contributed by atoms with Gasteiger partial charge in [-0.1, -0.05) is 51.0 Å². The zero-order valence-corrected chi connectivity index (χ0v) is 11.0. The minimum absolute atomic E-state index is 0.646. The first-order valence-corrected chi connectivity index (χ1v) is 6.38. The van der Waals surface area contributed by atoms with E-state index in [-0.39, 0.29) is 0 Å². The van der Waals surface area contributed by atoms with E-state index >= 15 is 0 Å². The molecule has 0 spiro atoms. The van der Waals surface area contributed by atoms with E-state index in [1.807, 2.05) is 38.1 Å². The van der Waals surface area contributed by atoms with Crippen LogP contribution in [0, 0.1) is 6.92 Å². The van der Waals surface area contributed by atoms with Crippen LogP contribution in [0.4, 0.5) is 0 Å². The van der Waals surface area contributed by atoms with Crippen molar-refractivity contribution in [3.05, 3.63) is 35.4 Å². The van der Waals surface area contributed by atoms with E-state index in [1.54, 1.807) is 0 Å². The maximum atomic E-state index is 11.7. The van der Waals surface area contributed by atoms with Gasteiger partial charge in [0.15, 0.2) is 0 Å². The Balaban J connectivity index is 3.22. The number of carbonyl (C=O) groups is 1. The smallest absolute Gasteiger partial charge is 0.314 e. The molecular formula is C15H22O2. The molecular weight excluding hydrogens is 212 g/mol. The van der Waals surface area contributed by atoms with Crippen molar-refractivity contribution >= 4 is 5.97 Å². The Bertz CT molecular complexity index is 384. The largest absolute Gasteiger partial charge is 0.481 e. The molecule has 0 aliphatic rings. The van der Waals surface area contributed by atoms with Gasteiger partial charge in [0.05, 0.1) is 5.41 Å². The lowest BCUT2D eigenvalue weighted by atomic mass is 9.72. The Morgan fingerprint density at radius 2 is 1.94 bits per heavy atom. The van der Waals surface area contributed by atoms with Crippen LogP contribution < -0.4 is 0 Å². The van der Waals surface area contributed by atoms with E-state index in [4.69, 9.17) is 0 Å². The molecule has 0 fully saturated rings. The molecule has 0 saturated heterocycles. The van der Waals surface area contributed by atoms with Gasteiger partial charge >= 0.3 is 5.97 Å². The maximum absolute atomic E-state index is 11.7. The summed E-state index contributed by atoms with van der Waals surface area (Å²) in [7, 11) is 0. The van der Waals surface area contributed by atoms with Crippen molar-refractivity contribution in [1.82, 2.24) is 0 Å². The summed E-state index contributed by atoms with van der Waals surface area (Å²) < 4.78 is 0. The molecule has 0 radical (unpaired) electrons. The molecule has 1 aromatic carbocycles. The highest BCUT2D eigenvalue weighted by Crippen LogP contribution is 2.35. The van der Waals surface area contributed by atoms with E-state index in [0.29, 0.717) is 6.42 Å². The fourth-order valence-electron chi connectivity index (χ4n) is 2.46. The number of aliphatic carboxylic acids is 1. The summed E-state index contributed by atoms with van der Waals surface area (Å²) in [6.45, 7) is 6.06. The van der Waals surface area contributed by atoms with Gasteiger partial charge in [-0.05, 0) is 30.9 Å². The van der Waals surface area contributed by atoms with Gasteiger partial charge in [0, 0.05) is 0 Å². The molecule has 2 heteroatoms. The van der Waals surface area contributed by atoms with Crippen LogP contribution in [0.25, 0.3) is 0 Å². The van der Waals surface area contributed by atoms with Crippen molar-refractivity contribution in [3.8, 4) is 0 Å². The van der Waals surface area contributed by atoms with Gasteiger partial charge in [0.2, 0.25) is 0 Å². The van der Waals surface area contributed by atoms with Gasteiger partial charge in [0.1, 0.15) is 0 Å². The van der Waals surface area contributed by atoms with E-state index in [9.17, 15) is 9.90 Å². The number of hydrogen-bond donors (Lipinski definition) is 1. The molecule has 0 aliphatic carbocycles. The molecule has 17 heavy (non-hydrogen) atoms. The van der Waals surface area contributed by atoms with Crippen molar-refractivity contribution in [2.24, 2.45) is 0 Å². The highest BCUT2D eigenvalue weighted by atomic mass is 16.4. The molecule has 0 saturated carbocycles. The lowest BCUT2D eigenvalue weighted by Crippen LogP contribution is -2.36. The first-order chi connectivity index (χ1) is 8.08. The number of hydrogen-bond acceptors (Lipinski definition) is 1. The van der Waals surface area contributed by atoms with E-state index in [0.717, 1.165) is 30.4 Å². The number of carboxylic acid groups (broad SMARTS) is 1. The number of unbranched alkanes of at least 4 members (excludes halogenated alkanes) is 1. The summed E-state index contributed by atoms with van der Waals surface area (Å²) in [4.78, 5) is 11.7. The molecule has 1 unspecified atom stereocenters. The lowest BCUT2D eigenvalue weighted by Gasteiger charge is -2.30. The highest BCUT2D eigenvalue weighted by Gasteiger charge is 2.38. The van der Waals surface area contributed by atoms with Gasteiger partial charge in [0.25, 0.3) is 0 Å². The number of aryl methyl sites for hydroxylation is 1. The van der Waals surface area contributed by atoms with Crippen LogP contribution >= 0.6 is 0 Å². The fraction of sp³-hybridized carbons (Fsp3) is 0.533. The second kappa shape index (κ2) is 5.85. The first kappa shape index (κ1) is 13.8. The Kier molecular flexibility index (Phi) is 4.73. The maximum Gasteiger partial charge on any atom is 0.314 e. The highest BCUT2D eigenvalue weighted by molar-refractivity contribution is 5.81. The lowest BCUT2D eigenvalue weighted by molar-refractivity contribution is -0.144. The molecule has 1 N–H and O–H groups in total. The molecule has 94 valence electrons. The molecule has 0 aliphatic heterocycles. The normalized spacial score (nSPS) is 14.3. The van der Waals surface area contributed by atoms with E-state index in [1.165, 1.54) is 0 Å². The first-order valence-electron chi connectivity index (χ1n) is 6.38. The molecule has 0 heterocycles. The monoisotopic (exact) mass is 234 g/mol. The van der Waals surface area contributed by atoms with Crippen molar-refractivity contribution < 1.29 is 9.90 Å². The average Bonchev–Trinajstić information content (AvgIpc) is 2.32. The second-order valence-corrected chi connectivity index (χ2v) is 4.66. The number of benzene rings is 1. The molecule has 1 rings (SSSR count). The van der Waals surface area contributed by atoms with E-state index in [2.05, 4.69) is 6.92 Å². The summed E-state index contributed by atoms with van der Waals surface area (Å²) in [5, 5.41) is 9.63. The predicted molar refractivity (Wildman–Crippen MR) is 70.3 cm³/mol. The standard InChI is InChI=1S/C15H22O2/c1-4-6-11-15(5-2,14(16)17)13-10-8-7-9-12(13)3/h7-10H,4-6,11H2,1-3H3,(H,16,17). The molecule has 0 aromatic heterocycles. The summed E-state index contributed by atoms with van der Waals surface area (Å²) in [5.41, 5.74) is 1.35. The van der Waals surface area contributed by atoms with Crippen molar-refractivity contribution in [2.45, 2.75) is 51.9 Å². The molecule has 1 atom stereocenters. The number of carboxylic acids is 1. The zero-order valence-electron chi connectivity index (χ0n) is 11.0. The summed E-state index contributed by atoms with van der Waals surface area (Å²) in [5.74, 6) is -0.692. The second-order valence-electron chi connectivity index (χ2n) is 4.66. The SMILES string of the molecule is CCCCC(CC)(C(=O)O)c1ccccc1C. The average molecular weight is 234 g/mol. The molecule has 0 amide bonds. The Hall–Kier alpha value is -1.31. The number of rotatable bonds is 6. The van der Waals surface area contributed by atoms with Crippen LogP contribution in [0.3, 0.4) is 0 Å². The van der Waals surface area contributed by atoms with E-state index < -0.39 is 11.4 Å². The quantitative estimate of drug-likeness (QED) is 0.810. The van der Waals surface area contributed by atoms with Gasteiger partial charge in [-0.2, -0.15) is 0 Å². The summed E-state index contributed by atoms with van der Waals surface area (Å²) in [6.07, 6.45) is 3.35. The van der Waals surface area contributed by atoms with Crippen LogP contribution in [-0.4, -0.2) is 11.1 Å². The third-order valence-electron chi connectivity index (χ3n) is 3.63. The molecule has 1 aromatic rings. The van der Waals surface area contributed by atoms with Crippen LogP contribution in [0.15, 0.2) is 24.3 Å². The van der Waals surface area contributed by atoms with Gasteiger partial charge in [-0.15, -0.1) is 0 Å². The van der Waals surface area contributed by atoms with Gasteiger partial charge in [-0.25, -0.2) is 0 Å². The fourth-order valence-corrected chi connectivity index (χ4v) is 2.46. The Morgan fingerprint density at radius 3 is 2.41 bits per heavy atom. The molecule has 2 nitrogen and oxygen atoms in total. The van der Waals surface area contributed by atoms with Gasteiger partial charge in [-0.3, -0.25) is 4.79 Å². The van der Waals surface area contributed by atoms with Crippen LogP contribution in [-0.2, 0) is 10.2 Å². The zero-order chi connectivity index (χ0) is 12.9. The van der Waals surface area contributed by atoms with Gasteiger partial charge < -0.3 is 5.11 Å². The predicted octanol–water partition coefficient (Wildman–Crippen LogP) is 3.92. The minimum atomic E-state index is -0.707. The summed E-state index contributed by atoms with van der Waals surface area (Å²) in [6, 6.07) is 7.85. The Morgan fingerprint density at radius 1 is 1.29 bits per heavy atom. The van der Waals surface area contributed by atoms with Crippen LogP contribution in [0.5, 0.6) is 0 Å². The third kappa shape index (κ3) is 2.68. The van der Waals surface area contributed by atoms with Crippen molar-refractivity contribution in [2.75, 3.05) is 0 Å². The Labute approximate surface area is 104 Å². The third-order valence-corrected chi connectivity index (χ3v) is 3.63. The summed E-state index contributed by atoms with van der Waals surface area (Å²) >= 11 is 0. The van der Waals surface area contributed by atoms with Crippen LogP contribution in [0.1, 0.15) is 50.7 Å². The molecule has 0 bridgehead atoms. The topological polar surface area (TPSA) is 37.3 Å². The minimum Gasteiger partial charge on any atom is -0.481 e.